The molecule has 3 aliphatic heterocycles. The normalized spacial score (nSPS) is 16.8. The van der Waals surface area contributed by atoms with Crippen LogP contribution in [-0.4, -0.2) is 203 Å². The molecule has 3 rings (SSSR count). The van der Waals surface area contributed by atoms with Crippen molar-refractivity contribution in [3.8, 4) is 0 Å². The van der Waals surface area contributed by atoms with Crippen LogP contribution in [0.4, 0.5) is 0 Å². The fraction of sp³-hybridized carbons (Fsp3) is 0.778. The van der Waals surface area contributed by atoms with E-state index in [0.29, 0.717) is 124 Å². The Balaban J connectivity index is 1.66. The molecule has 1 atom stereocenters. The largest absolute Gasteiger partial charge is 0.378 e. The first-order valence-corrected chi connectivity index (χ1v) is 21.8. The van der Waals surface area contributed by atoms with Gasteiger partial charge >= 0.3 is 0 Å². The SMILES string of the molecule is C[SH](C)C(=O)CCCCC(=O)NCCCC[C@@H](C(=O)NCC(=O)N1CCOCC1)N(CC(=O)NCC(=O)N1CCOCC1)CC(=O)NCC(=O)N1CCOCC1. The Labute approximate surface area is 331 Å². The number of carbonyl (C=O) groups is 8. The summed E-state index contributed by atoms with van der Waals surface area (Å²) in [5.74, 6) is -2.82. The van der Waals surface area contributed by atoms with Gasteiger partial charge in [-0.3, -0.25) is 43.3 Å². The van der Waals surface area contributed by atoms with Crippen molar-refractivity contribution in [3.63, 3.8) is 0 Å². The summed E-state index contributed by atoms with van der Waals surface area (Å²) in [4.78, 5) is 109. The molecule has 3 heterocycles. The van der Waals surface area contributed by atoms with Crippen LogP contribution in [0.2, 0.25) is 0 Å². The Morgan fingerprint density at radius 3 is 1.43 bits per heavy atom. The molecule has 3 saturated heterocycles. The molecular formula is C36H62N8O11S. The zero-order valence-electron chi connectivity index (χ0n) is 33.0. The molecule has 0 radical (unpaired) electrons. The number of rotatable bonds is 22. The van der Waals surface area contributed by atoms with Crippen LogP contribution in [0.3, 0.4) is 0 Å². The van der Waals surface area contributed by atoms with Crippen LogP contribution in [0, 0.1) is 0 Å². The summed E-state index contributed by atoms with van der Waals surface area (Å²) < 4.78 is 15.9. The van der Waals surface area contributed by atoms with Gasteiger partial charge in [0.15, 0.2) is 5.12 Å². The maximum absolute atomic E-state index is 13.8. The molecular weight excluding hydrogens is 753 g/mol. The van der Waals surface area contributed by atoms with E-state index in [4.69, 9.17) is 14.2 Å². The lowest BCUT2D eigenvalue weighted by atomic mass is 10.1. The second-order valence-corrected chi connectivity index (χ2v) is 16.3. The summed E-state index contributed by atoms with van der Waals surface area (Å²) in [6.45, 7) is 3.30. The number of unbranched alkanes of at least 4 members (excludes halogenated alkanes) is 2. The Morgan fingerprint density at radius 1 is 0.554 bits per heavy atom. The van der Waals surface area contributed by atoms with E-state index in [0.717, 1.165) is 0 Å². The fourth-order valence-corrected chi connectivity index (χ4v) is 6.81. The number of nitrogens with one attached hydrogen (secondary N) is 4. The van der Waals surface area contributed by atoms with Gasteiger partial charge < -0.3 is 50.2 Å². The van der Waals surface area contributed by atoms with Gasteiger partial charge in [-0.05, 0) is 44.6 Å². The van der Waals surface area contributed by atoms with E-state index in [2.05, 4.69) is 21.3 Å². The van der Waals surface area contributed by atoms with Gasteiger partial charge in [-0.25, -0.2) is 10.9 Å². The smallest absolute Gasteiger partial charge is 0.242 e. The Bertz CT molecular complexity index is 1270. The molecule has 0 aromatic carbocycles. The van der Waals surface area contributed by atoms with E-state index in [1.54, 1.807) is 14.7 Å². The Morgan fingerprint density at radius 2 is 0.982 bits per heavy atom. The van der Waals surface area contributed by atoms with Crippen LogP contribution in [0.25, 0.3) is 0 Å². The highest BCUT2D eigenvalue weighted by Crippen LogP contribution is 2.19. The van der Waals surface area contributed by atoms with E-state index in [1.807, 2.05) is 12.5 Å². The van der Waals surface area contributed by atoms with Crippen molar-refractivity contribution in [2.45, 2.75) is 51.0 Å². The van der Waals surface area contributed by atoms with E-state index in [1.165, 1.54) is 4.90 Å². The molecule has 0 aromatic heterocycles. The predicted molar refractivity (Wildman–Crippen MR) is 208 cm³/mol. The molecule has 0 saturated carbocycles. The summed E-state index contributed by atoms with van der Waals surface area (Å²) in [7, 11) is -0.634. The molecule has 7 amide bonds. The molecule has 3 fully saturated rings. The maximum atomic E-state index is 13.8. The molecule has 318 valence electrons. The first-order chi connectivity index (χ1) is 26.9. The lowest BCUT2D eigenvalue weighted by molar-refractivity contribution is -0.139. The van der Waals surface area contributed by atoms with Crippen molar-refractivity contribution in [1.29, 1.82) is 0 Å². The number of amides is 7. The first-order valence-electron chi connectivity index (χ1n) is 19.5. The number of ether oxygens (including phenoxy) is 3. The number of hydrogen-bond acceptors (Lipinski definition) is 12. The summed E-state index contributed by atoms with van der Waals surface area (Å²) in [5.41, 5.74) is 0. The first kappa shape index (κ1) is 46.5. The highest BCUT2D eigenvalue weighted by molar-refractivity contribution is 8.28. The van der Waals surface area contributed by atoms with Crippen molar-refractivity contribution in [3.05, 3.63) is 0 Å². The van der Waals surface area contributed by atoms with Crippen molar-refractivity contribution in [1.82, 2.24) is 40.9 Å². The minimum atomic E-state index is -1.07. The lowest BCUT2D eigenvalue weighted by Gasteiger charge is -2.31. The number of hydrogen-bond donors (Lipinski definition) is 5. The molecule has 56 heavy (non-hydrogen) atoms. The van der Waals surface area contributed by atoms with Gasteiger partial charge in [0.1, 0.15) is 0 Å². The van der Waals surface area contributed by atoms with Gasteiger partial charge in [0.2, 0.25) is 41.4 Å². The quantitative estimate of drug-likeness (QED) is 0.0553. The topological polar surface area (TPSA) is 225 Å². The number of carbonyl (C=O) groups excluding carboxylic acids is 8. The number of morpholine rings is 3. The molecule has 0 spiro atoms. The zero-order chi connectivity index (χ0) is 40.7. The highest BCUT2D eigenvalue weighted by atomic mass is 32.2. The zero-order valence-corrected chi connectivity index (χ0v) is 33.9. The third-order valence-electron chi connectivity index (χ3n) is 9.59. The van der Waals surface area contributed by atoms with E-state index in [-0.39, 0.29) is 54.8 Å². The number of nitrogens with zero attached hydrogens (tertiary/aromatic N) is 4. The average Bonchev–Trinajstić information content (AvgIpc) is 3.21. The predicted octanol–water partition coefficient (Wildman–Crippen LogP) is -2.78. The van der Waals surface area contributed by atoms with Crippen molar-refractivity contribution < 1.29 is 52.6 Å². The highest BCUT2D eigenvalue weighted by Gasteiger charge is 2.31. The third kappa shape index (κ3) is 18.0. The molecule has 3 aliphatic rings. The molecule has 0 aliphatic carbocycles. The maximum Gasteiger partial charge on any atom is 0.242 e. The molecule has 19 nitrogen and oxygen atoms in total. The van der Waals surface area contributed by atoms with Crippen LogP contribution in [0.15, 0.2) is 0 Å². The standard InChI is InChI=1S/C36H62N8O11S/c1-56(2)35(51)9-4-3-8-29(45)37-10-6-5-7-28(36(52)40-25-34(50)43-15-21-55-22-16-43)44(26-30(46)38-23-32(48)41-11-17-53-18-12-41)27-31(47)39-24-33(49)42-13-19-54-20-14-42/h28,56H,3-27H2,1-2H3,(H,37,45)(H,38,46)(H,39,47)(H,40,52)/t28-/m0/s1. The summed E-state index contributed by atoms with van der Waals surface area (Å²) in [6, 6.07) is -1.07. The van der Waals surface area contributed by atoms with Crippen LogP contribution in [0.1, 0.15) is 44.9 Å². The van der Waals surface area contributed by atoms with Crippen LogP contribution < -0.4 is 21.3 Å². The van der Waals surface area contributed by atoms with Crippen LogP contribution in [-0.2, 0) is 52.6 Å². The van der Waals surface area contributed by atoms with Crippen molar-refractivity contribution in [2.24, 2.45) is 0 Å². The average molecular weight is 815 g/mol. The number of thiol groups is 1. The van der Waals surface area contributed by atoms with Gasteiger partial charge in [-0.1, -0.05) is 0 Å². The van der Waals surface area contributed by atoms with Gasteiger partial charge in [-0.15, -0.1) is 0 Å². The summed E-state index contributed by atoms with van der Waals surface area (Å²) >= 11 is 0. The van der Waals surface area contributed by atoms with Gasteiger partial charge in [0.25, 0.3) is 0 Å². The monoisotopic (exact) mass is 814 g/mol. The van der Waals surface area contributed by atoms with E-state index in [9.17, 15) is 38.4 Å². The van der Waals surface area contributed by atoms with E-state index >= 15 is 0 Å². The van der Waals surface area contributed by atoms with Gasteiger partial charge in [0.05, 0.1) is 78.4 Å². The fourth-order valence-electron chi connectivity index (χ4n) is 6.20. The minimum absolute atomic E-state index is 0.142. The molecule has 0 bridgehead atoms. The molecule has 0 unspecified atom stereocenters. The van der Waals surface area contributed by atoms with Crippen LogP contribution >= 0.6 is 10.9 Å². The van der Waals surface area contributed by atoms with Crippen molar-refractivity contribution >= 4 is 57.4 Å². The van der Waals surface area contributed by atoms with Gasteiger partial charge in [0, 0.05) is 58.7 Å². The van der Waals surface area contributed by atoms with E-state index < -0.39 is 47.7 Å². The summed E-state index contributed by atoms with van der Waals surface area (Å²) in [6.07, 6.45) is 6.88. The second-order valence-electron chi connectivity index (χ2n) is 14.0. The lowest BCUT2D eigenvalue weighted by Crippen LogP contribution is -2.55. The molecule has 20 heteroatoms. The Kier molecular flexibility index (Phi) is 21.7. The second kappa shape index (κ2) is 26.1. The van der Waals surface area contributed by atoms with Crippen LogP contribution in [0.5, 0.6) is 0 Å². The minimum Gasteiger partial charge on any atom is -0.378 e. The third-order valence-corrected chi connectivity index (χ3v) is 10.8. The summed E-state index contributed by atoms with van der Waals surface area (Å²) in [5, 5.41) is 11.0. The Hall–Kier alpha value is -3.85. The molecule has 4 N–H and O–H groups in total. The van der Waals surface area contributed by atoms with Gasteiger partial charge in [-0.2, -0.15) is 0 Å². The molecule has 0 aromatic rings. The van der Waals surface area contributed by atoms with Crippen molar-refractivity contribution in [2.75, 3.05) is 131 Å².